The van der Waals surface area contributed by atoms with Crippen LogP contribution in [0, 0.1) is 0 Å². The summed E-state index contributed by atoms with van der Waals surface area (Å²) < 4.78 is 9.40. The minimum absolute atomic E-state index is 0.0185. The second kappa shape index (κ2) is 3.90. The Morgan fingerprint density at radius 2 is 1.75 bits per heavy atom. The number of rotatable bonds is 1. The van der Waals surface area contributed by atoms with Crippen molar-refractivity contribution in [1.82, 2.24) is 0 Å². The van der Waals surface area contributed by atoms with Crippen molar-refractivity contribution in [3.05, 3.63) is 12.0 Å². The first-order valence-electron chi connectivity index (χ1n) is 3.84. The van der Waals surface area contributed by atoms with Crippen molar-refractivity contribution in [2.75, 3.05) is 0 Å². The van der Waals surface area contributed by atoms with Crippen LogP contribution in [0.25, 0.3) is 0 Å². The average Bonchev–Trinajstić information content (AvgIpc) is 2.14. The summed E-state index contributed by atoms with van der Waals surface area (Å²) in [6.07, 6.45) is 2.41. The molecule has 12 heavy (non-hydrogen) atoms. The Hall–Kier alpha value is -1.32. The van der Waals surface area contributed by atoms with Gasteiger partial charge in [0.2, 0.25) is 0 Å². The predicted molar refractivity (Wildman–Crippen MR) is 39.8 cm³/mol. The number of esters is 2. The number of carbonyl (C=O) groups is 2. The van der Waals surface area contributed by atoms with Crippen molar-refractivity contribution in [1.29, 1.82) is 0 Å². The van der Waals surface area contributed by atoms with Crippen LogP contribution in [0.1, 0.15) is 26.2 Å². The summed E-state index contributed by atoms with van der Waals surface area (Å²) in [6.45, 7) is 1.86. The fourth-order valence-electron chi connectivity index (χ4n) is 0.801. The molecule has 0 amide bonds. The van der Waals surface area contributed by atoms with E-state index in [2.05, 4.69) is 0 Å². The van der Waals surface area contributed by atoms with Crippen LogP contribution in [-0.4, -0.2) is 11.9 Å². The fraction of sp³-hybridized carbons (Fsp3) is 0.500. The molecule has 1 rings (SSSR count). The van der Waals surface area contributed by atoms with E-state index < -0.39 is 11.9 Å². The lowest BCUT2D eigenvalue weighted by Crippen LogP contribution is -2.01. The van der Waals surface area contributed by atoms with E-state index in [1.165, 1.54) is 0 Å². The third-order valence-corrected chi connectivity index (χ3v) is 1.33. The molecule has 1 aliphatic rings. The minimum atomic E-state index is -0.416. The Morgan fingerprint density at radius 3 is 2.17 bits per heavy atom. The molecule has 1 fully saturated rings. The SMILES string of the molecule is CCC=C1OC(=O)CCC(=O)O1. The van der Waals surface area contributed by atoms with E-state index in [4.69, 9.17) is 9.47 Å². The highest BCUT2D eigenvalue weighted by atomic mass is 16.7. The summed E-state index contributed by atoms with van der Waals surface area (Å²) in [6, 6.07) is 0. The molecule has 0 atom stereocenters. The standard InChI is InChI=1S/C8H10O4/c1-2-3-8-11-6(9)4-5-7(10)12-8/h3H,2,4-5H2,1H3. The van der Waals surface area contributed by atoms with Gasteiger partial charge in [0, 0.05) is 0 Å². The van der Waals surface area contributed by atoms with Gasteiger partial charge in [-0.05, 0) is 12.5 Å². The predicted octanol–water partition coefficient (Wildman–Crippen LogP) is 1.12. The normalized spacial score (nSPS) is 17.9. The largest absolute Gasteiger partial charge is 0.393 e. The second-order valence-corrected chi connectivity index (χ2v) is 2.38. The van der Waals surface area contributed by atoms with Crippen molar-refractivity contribution in [2.24, 2.45) is 0 Å². The third kappa shape index (κ3) is 2.38. The molecule has 1 heterocycles. The van der Waals surface area contributed by atoms with Gasteiger partial charge in [-0.3, -0.25) is 9.59 Å². The molecule has 0 radical (unpaired) electrons. The topological polar surface area (TPSA) is 52.6 Å². The highest BCUT2D eigenvalue weighted by molar-refractivity contribution is 5.80. The maximum atomic E-state index is 10.8. The van der Waals surface area contributed by atoms with Gasteiger partial charge in [0.05, 0.1) is 12.8 Å². The quantitative estimate of drug-likeness (QED) is 0.553. The Labute approximate surface area is 70.1 Å². The number of hydrogen-bond acceptors (Lipinski definition) is 4. The second-order valence-electron chi connectivity index (χ2n) is 2.38. The lowest BCUT2D eigenvalue weighted by molar-refractivity contribution is -0.147. The van der Waals surface area contributed by atoms with Gasteiger partial charge < -0.3 is 9.47 Å². The van der Waals surface area contributed by atoms with Gasteiger partial charge >= 0.3 is 11.9 Å². The summed E-state index contributed by atoms with van der Waals surface area (Å²) in [4.78, 5) is 21.6. The zero-order chi connectivity index (χ0) is 8.97. The van der Waals surface area contributed by atoms with Crippen LogP contribution in [0.15, 0.2) is 12.0 Å². The molecule has 0 saturated carbocycles. The Morgan fingerprint density at radius 1 is 1.25 bits per heavy atom. The van der Waals surface area contributed by atoms with Crippen molar-refractivity contribution < 1.29 is 19.1 Å². The van der Waals surface area contributed by atoms with Crippen LogP contribution in [0.2, 0.25) is 0 Å². The number of ether oxygens (including phenoxy) is 2. The number of hydrogen-bond donors (Lipinski definition) is 0. The molecule has 0 unspecified atom stereocenters. The summed E-state index contributed by atoms with van der Waals surface area (Å²) in [5.41, 5.74) is 0. The van der Waals surface area contributed by atoms with Crippen LogP contribution >= 0.6 is 0 Å². The molecule has 1 aliphatic heterocycles. The molecule has 0 bridgehead atoms. The lowest BCUT2D eigenvalue weighted by Gasteiger charge is -2.01. The molecule has 0 aromatic heterocycles. The fourth-order valence-corrected chi connectivity index (χ4v) is 0.801. The third-order valence-electron chi connectivity index (χ3n) is 1.33. The highest BCUT2D eigenvalue weighted by Gasteiger charge is 2.18. The van der Waals surface area contributed by atoms with Gasteiger partial charge in [-0.1, -0.05) is 6.92 Å². The maximum absolute atomic E-state index is 10.8. The Bertz CT molecular complexity index is 209. The number of allylic oxidation sites excluding steroid dienone is 1. The van der Waals surface area contributed by atoms with Crippen molar-refractivity contribution in [3.8, 4) is 0 Å². The van der Waals surface area contributed by atoms with Gasteiger partial charge in [0.25, 0.3) is 5.95 Å². The summed E-state index contributed by atoms with van der Waals surface area (Å²) in [5.74, 6) is -0.814. The van der Waals surface area contributed by atoms with E-state index in [1.807, 2.05) is 6.92 Å². The average molecular weight is 170 g/mol. The van der Waals surface area contributed by atoms with Crippen LogP contribution in [0.5, 0.6) is 0 Å². The molecule has 4 heteroatoms. The van der Waals surface area contributed by atoms with E-state index in [0.29, 0.717) is 6.42 Å². The number of cyclic esters (lactones) is 2. The van der Waals surface area contributed by atoms with Gasteiger partial charge in [-0.15, -0.1) is 0 Å². The van der Waals surface area contributed by atoms with E-state index >= 15 is 0 Å². The molecule has 0 aromatic carbocycles. The van der Waals surface area contributed by atoms with Crippen LogP contribution < -0.4 is 0 Å². The van der Waals surface area contributed by atoms with Gasteiger partial charge in [0.1, 0.15) is 0 Å². The van der Waals surface area contributed by atoms with Crippen LogP contribution in [0.4, 0.5) is 0 Å². The molecule has 1 saturated heterocycles. The minimum Gasteiger partial charge on any atom is -0.393 e. The van der Waals surface area contributed by atoms with Crippen molar-refractivity contribution in [3.63, 3.8) is 0 Å². The highest BCUT2D eigenvalue weighted by Crippen LogP contribution is 2.11. The summed E-state index contributed by atoms with van der Waals surface area (Å²) in [5, 5.41) is 0. The summed E-state index contributed by atoms with van der Waals surface area (Å²) in [7, 11) is 0. The molecular formula is C8H10O4. The monoisotopic (exact) mass is 170 g/mol. The summed E-state index contributed by atoms with van der Waals surface area (Å²) >= 11 is 0. The zero-order valence-corrected chi connectivity index (χ0v) is 6.83. The molecule has 0 aromatic rings. The first-order valence-corrected chi connectivity index (χ1v) is 3.84. The first kappa shape index (κ1) is 8.77. The van der Waals surface area contributed by atoms with Crippen molar-refractivity contribution >= 4 is 11.9 Å². The maximum Gasteiger partial charge on any atom is 0.314 e. The molecule has 0 aliphatic carbocycles. The molecule has 66 valence electrons. The van der Waals surface area contributed by atoms with E-state index in [1.54, 1.807) is 6.08 Å². The van der Waals surface area contributed by atoms with Crippen LogP contribution in [0.3, 0.4) is 0 Å². The van der Waals surface area contributed by atoms with Crippen molar-refractivity contribution in [2.45, 2.75) is 26.2 Å². The zero-order valence-electron chi connectivity index (χ0n) is 6.83. The van der Waals surface area contributed by atoms with Gasteiger partial charge in [0.15, 0.2) is 0 Å². The lowest BCUT2D eigenvalue weighted by atomic mass is 10.3. The number of carbonyl (C=O) groups excluding carboxylic acids is 2. The molecular weight excluding hydrogens is 160 g/mol. The van der Waals surface area contributed by atoms with E-state index in [-0.39, 0.29) is 18.8 Å². The Kier molecular flexibility index (Phi) is 2.85. The first-order chi connectivity index (χ1) is 5.72. The van der Waals surface area contributed by atoms with E-state index in [0.717, 1.165) is 0 Å². The smallest absolute Gasteiger partial charge is 0.314 e. The molecule has 0 N–H and O–H groups in total. The molecule has 0 spiro atoms. The molecule has 4 nitrogen and oxygen atoms in total. The van der Waals surface area contributed by atoms with Gasteiger partial charge in [-0.25, -0.2) is 0 Å². The van der Waals surface area contributed by atoms with Gasteiger partial charge in [-0.2, -0.15) is 0 Å². The van der Waals surface area contributed by atoms with Crippen LogP contribution in [-0.2, 0) is 19.1 Å². The Balaban J connectivity index is 2.68. The van der Waals surface area contributed by atoms with E-state index in [9.17, 15) is 9.59 Å².